The summed E-state index contributed by atoms with van der Waals surface area (Å²) in [4.78, 5) is 38.3. The first-order valence-corrected chi connectivity index (χ1v) is 13.1. The largest absolute Gasteiger partial charge is 0.489 e. The third kappa shape index (κ3) is 5.71. The molecular weight excluding hydrogens is 550 g/mol. The summed E-state index contributed by atoms with van der Waals surface area (Å²) in [5.74, 6) is -4.84. The first-order chi connectivity index (χ1) is 18.1. The zero-order chi connectivity index (χ0) is 28.9. The van der Waals surface area contributed by atoms with E-state index in [-0.39, 0.29) is 47.3 Å². The molecule has 0 spiro atoms. The molecule has 3 atom stereocenters. The van der Waals surface area contributed by atoms with Crippen LogP contribution in [-0.2, 0) is 26.7 Å². The fourth-order valence-corrected chi connectivity index (χ4v) is 5.85. The lowest BCUT2D eigenvalue weighted by atomic mass is 10.1. The summed E-state index contributed by atoms with van der Waals surface area (Å²) >= 11 is 0. The number of carbonyl (C=O) groups is 3. The molecule has 1 aromatic heterocycles. The zero-order valence-corrected chi connectivity index (χ0v) is 21.7. The molecule has 3 amide bonds. The van der Waals surface area contributed by atoms with Gasteiger partial charge in [0, 0.05) is 44.0 Å². The number of benzene rings is 1. The topological polar surface area (TPSA) is 139 Å². The lowest BCUT2D eigenvalue weighted by Gasteiger charge is -2.23. The van der Waals surface area contributed by atoms with E-state index in [0.717, 1.165) is 4.90 Å². The number of alkyl halides is 3. The Kier molecular flexibility index (Phi) is 7.37. The summed E-state index contributed by atoms with van der Waals surface area (Å²) in [5, 5.41) is 4.16. The second kappa shape index (κ2) is 10.1. The van der Waals surface area contributed by atoms with E-state index in [1.165, 1.54) is 42.9 Å². The molecule has 1 saturated heterocycles. The van der Waals surface area contributed by atoms with Gasteiger partial charge < -0.3 is 24.8 Å². The van der Waals surface area contributed by atoms with Crippen molar-refractivity contribution in [3.8, 4) is 5.75 Å². The highest BCUT2D eigenvalue weighted by Crippen LogP contribution is 2.35. The maximum Gasteiger partial charge on any atom is 0.408 e. The molecular formula is C23H25F4N5O6S. The Labute approximate surface area is 220 Å². The number of sulfonamides is 1. The third-order valence-electron chi connectivity index (χ3n) is 6.53. The highest BCUT2D eigenvalue weighted by atomic mass is 32.2. The van der Waals surface area contributed by atoms with Crippen LogP contribution in [0.3, 0.4) is 0 Å². The number of ether oxygens (including phenoxy) is 1. The number of anilines is 1. The monoisotopic (exact) mass is 575 g/mol. The molecule has 16 heteroatoms. The van der Waals surface area contributed by atoms with Crippen LogP contribution in [0.1, 0.15) is 23.0 Å². The SMILES string of the molecule is Cc1cc(NC(=O)c2c3c(cn2C)S(=O)(=O)N[C@@H]2CN(C(=O)C(=O)NC(C)C(F)(F)F)C[C@H]2CO3)ccc1F. The number of nitrogens with one attached hydrogen (secondary N) is 3. The summed E-state index contributed by atoms with van der Waals surface area (Å²) < 4.78 is 87.8. The van der Waals surface area contributed by atoms with Crippen LogP contribution in [0.25, 0.3) is 0 Å². The van der Waals surface area contributed by atoms with Gasteiger partial charge in [-0.25, -0.2) is 17.5 Å². The van der Waals surface area contributed by atoms with E-state index in [4.69, 9.17) is 4.74 Å². The van der Waals surface area contributed by atoms with E-state index >= 15 is 0 Å². The summed E-state index contributed by atoms with van der Waals surface area (Å²) in [7, 11) is -2.86. The molecule has 0 saturated carbocycles. The average Bonchev–Trinajstić information content (AvgIpc) is 3.38. The maximum absolute atomic E-state index is 13.6. The van der Waals surface area contributed by atoms with E-state index in [1.54, 1.807) is 5.32 Å². The molecule has 0 bridgehead atoms. The van der Waals surface area contributed by atoms with Crippen LogP contribution in [0.15, 0.2) is 29.3 Å². The van der Waals surface area contributed by atoms with Crippen LogP contribution in [0.4, 0.5) is 23.2 Å². The standard InChI is InChI=1S/C23H25F4N5O6S/c1-11-6-14(4-5-15(11)24)29-20(33)18-19-17(9-31(18)3)39(36,37)30-16-8-32(7-13(16)10-38-19)22(35)21(34)28-12(2)23(25,26)27/h4-6,9,12-13,16,30H,7-8,10H2,1-3H3,(H,28,34)(H,29,33)/t12?,13-,16+/m0/s1. The minimum atomic E-state index is -4.75. The number of fused-ring (bicyclic) bond motifs is 2. The van der Waals surface area contributed by atoms with Gasteiger partial charge in [0.25, 0.3) is 5.91 Å². The molecule has 2 aliphatic rings. The molecule has 1 unspecified atom stereocenters. The molecule has 2 aromatic rings. The summed E-state index contributed by atoms with van der Waals surface area (Å²) in [6, 6.07) is 0.750. The fraction of sp³-hybridized carbons (Fsp3) is 0.435. The minimum absolute atomic E-state index is 0.137. The summed E-state index contributed by atoms with van der Waals surface area (Å²) in [5.41, 5.74) is 0.414. The number of nitrogens with zero attached hydrogens (tertiary/aromatic N) is 2. The Bertz CT molecular complexity index is 1440. The molecule has 4 rings (SSSR count). The predicted octanol–water partition coefficient (Wildman–Crippen LogP) is 1.29. The van der Waals surface area contributed by atoms with Crippen molar-refractivity contribution in [3.63, 3.8) is 0 Å². The van der Waals surface area contributed by atoms with Crippen molar-refractivity contribution in [2.45, 2.75) is 37.0 Å². The number of aryl methyl sites for hydroxylation is 2. The first-order valence-electron chi connectivity index (χ1n) is 11.7. The van der Waals surface area contributed by atoms with Crippen molar-refractivity contribution < 1.29 is 45.1 Å². The number of hydrogen-bond acceptors (Lipinski definition) is 6. The molecule has 0 radical (unpaired) electrons. The molecule has 0 aliphatic carbocycles. The van der Waals surface area contributed by atoms with E-state index in [2.05, 4.69) is 10.0 Å². The zero-order valence-electron chi connectivity index (χ0n) is 20.9. The van der Waals surface area contributed by atoms with Crippen molar-refractivity contribution in [1.29, 1.82) is 0 Å². The number of likely N-dealkylation sites (tertiary alicyclic amines) is 1. The molecule has 2 aliphatic heterocycles. The van der Waals surface area contributed by atoms with E-state index in [9.17, 15) is 40.4 Å². The van der Waals surface area contributed by atoms with Gasteiger partial charge in [0.2, 0.25) is 10.0 Å². The van der Waals surface area contributed by atoms with Crippen LogP contribution in [0.5, 0.6) is 5.75 Å². The quantitative estimate of drug-likeness (QED) is 0.373. The summed E-state index contributed by atoms with van der Waals surface area (Å²) in [6.07, 6.45) is -3.58. The van der Waals surface area contributed by atoms with Gasteiger partial charge in [-0.05, 0) is 37.6 Å². The van der Waals surface area contributed by atoms with Crippen molar-refractivity contribution in [2.75, 3.05) is 25.0 Å². The van der Waals surface area contributed by atoms with Crippen molar-refractivity contribution in [1.82, 2.24) is 19.5 Å². The fourth-order valence-electron chi connectivity index (χ4n) is 4.36. The maximum atomic E-state index is 13.6. The van der Waals surface area contributed by atoms with E-state index in [0.29, 0.717) is 6.92 Å². The van der Waals surface area contributed by atoms with Gasteiger partial charge in [0.05, 0.1) is 6.61 Å². The van der Waals surface area contributed by atoms with E-state index in [1.807, 2.05) is 0 Å². The van der Waals surface area contributed by atoms with Gasteiger partial charge in [0.1, 0.15) is 16.8 Å². The molecule has 39 heavy (non-hydrogen) atoms. The first kappa shape index (κ1) is 28.4. The molecule has 11 nitrogen and oxygen atoms in total. The van der Waals surface area contributed by atoms with Crippen molar-refractivity contribution in [3.05, 3.63) is 41.5 Å². The molecule has 1 aromatic carbocycles. The Morgan fingerprint density at radius 3 is 2.54 bits per heavy atom. The molecule has 3 heterocycles. The van der Waals surface area contributed by atoms with Gasteiger partial charge >= 0.3 is 18.0 Å². The molecule has 1 fully saturated rings. The van der Waals surface area contributed by atoms with E-state index < -0.39 is 57.7 Å². The van der Waals surface area contributed by atoms with Crippen molar-refractivity contribution >= 4 is 33.4 Å². The highest BCUT2D eigenvalue weighted by Gasteiger charge is 2.44. The smallest absolute Gasteiger partial charge is 0.408 e. The number of aromatic nitrogens is 1. The average molecular weight is 576 g/mol. The van der Waals surface area contributed by atoms with Crippen LogP contribution in [0.2, 0.25) is 0 Å². The highest BCUT2D eigenvalue weighted by molar-refractivity contribution is 7.89. The Morgan fingerprint density at radius 2 is 1.90 bits per heavy atom. The minimum Gasteiger partial charge on any atom is -0.489 e. The number of rotatable bonds is 3. The van der Waals surface area contributed by atoms with Gasteiger partial charge in [-0.2, -0.15) is 13.2 Å². The lowest BCUT2D eigenvalue weighted by molar-refractivity contribution is -0.162. The van der Waals surface area contributed by atoms with Gasteiger partial charge in [-0.1, -0.05) is 0 Å². The second-order valence-electron chi connectivity index (χ2n) is 9.45. The molecule has 212 valence electrons. The predicted molar refractivity (Wildman–Crippen MR) is 128 cm³/mol. The number of halogens is 4. The van der Waals surface area contributed by atoms with Crippen LogP contribution < -0.4 is 20.1 Å². The van der Waals surface area contributed by atoms with Crippen molar-refractivity contribution in [2.24, 2.45) is 13.0 Å². The number of hydrogen-bond donors (Lipinski definition) is 3. The van der Waals surface area contributed by atoms with Gasteiger partial charge in [-0.15, -0.1) is 0 Å². The van der Waals surface area contributed by atoms with Gasteiger partial charge in [-0.3, -0.25) is 14.4 Å². The number of carbonyl (C=O) groups excluding carboxylic acids is 3. The Hall–Kier alpha value is -3.66. The lowest BCUT2D eigenvalue weighted by Crippen LogP contribution is -2.50. The third-order valence-corrected chi connectivity index (χ3v) is 8.02. The number of amides is 3. The molecule has 3 N–H and O–H groups in total. The summed E-state index contributed by atoms with van der Waals surface area (Å²) in [6.45, 7) is 1.56. The van der Waals surface area contributed by atoms with Crippen LogP contribution >= 0.6 is 0 Å². The van der Waals surface area contributed by atoms with Gasteiger partial charge in [0.15, 0.2) is 11.4 Å². The second-order valence-corrected chi connectivity index (χ2v) is 11.1. The normalized spacial score (nSPS) is 21.1. The Morgan fingerprint density at radius 1 is 1.21 bits per heavy atom. The Balaban J connectivity index is 1.54. The van der Waals surface area contributed by atoms with Crippen LogP contribution in [-0.4, -0.2) is 73.6 Å². The van der Waals surface area contributed by atoms with Crippen LogP contribution in [0, 0.1) is 18.7 Å².